The van der Waals surface area contributed by atoms with Crippen molar-refractivity contribution in [3.8, 4) is 0 Å². The molecule has 1 saturated heterocycles. The zero-order valence-electron chi connectivity index (χ0n) is 16.6. The Morgan fingerprint density at radius 1 is 1.32 bits per heavy atom. The van der Waals surface area contributed by atoms with Crippen molar-refractivity contribution in [1.82, 2.24) is 20.5 Å². The summed E-state index contributed by atoms with van der Waals surface area (Å²) >= 11 is 1.71. The van der Waals surface area contributed by atoms with Crippen molar-refractivity contribution in [2.24, 2.45) is 4.99 Å². The SMILES string of the molecule is CCC(=O)N1CCC(NC(=NC)NCc2csc(CCc3ccccc3)n2)C1. The molecule has 0 radical (unpaired) electrons. The molecule has 0 saturated carbocycles. The minimum Gasteiger partial charge on any atom is -0.352 e. The third-order valence-electron chi connectivity index (χ3n) is 4.91. The molecule has 1 amide bonds. The molecule has 28 heavy (non-hydrogen) atoms. The highest BCUT2D eigenvalue weighted by Gasteiger charge is 2.25. The lowest BCUT2D eigenvalue weighted by atomic mass is 10.1. The molecule has 1 unspecified atom stereocenters. The maximum Gasteiger partial charge on any atom is 0.222 e. The fraction of sp³-hybridized carbons (Fsp3) is 0.476. The Hall–Kier alpha value is -2.41. The van der Waals surface area contributed by atoms with Crippen LogP contribution >= 0.6 is 11.3 Å². The standard InChI is InChI=1S/C21H29N5OS/c1-3-20(27)26-12-11-17(14-26)25-21(22-2)23-13-18-15-28-19(24-18)10-9-16-7-5-4-6-8-16/h4-8,15,17H,3,9-14H2,1-2H3,(H2,22,23,25). The van der Waals surface area contributed by atoms with E-state index in [1.54, 1.807) is 18.4 Å². The highest BCUT2D eigenvalue weighted by molar-refractivity contribution is 7.09. The number of amides is 1. The van der Waals surface area contributed by atoms with Crippen LogP contribution in [0.2, 0.25) is 0 Å². The Balaban J connectivity index is 1.43. The molecule has 2 heterocycles. The molecule has 1 atom stereocenters. The van der Waals surface area contributed by atoms with Gasteiger partial charge in [0, 0.05) is 44.4 Å². The van der Waals surface area contributed by atoms with Gasteiger partial charge in [0.1, 0.15) is 0 Å². The van der Waals surface area contributed by atoms with Gasteiger partial charge >= 0.3 is 0 Å². The zero-order valence-corrected chi connectivity index (χ0v) is 17.5. The topological polar surface area (TPSA) is 69.6 Å². The normalized spacial score (nSPS) is 17.0. The van der Waals surface area contributed by atoms with Crippen LogP contribution in [0, 0.1) is 0 Å². The Morgan fingerprint density at radius 3 is 2.89 bits per heavy atom. The average Bonchev–Trinajstić information content (AvgIpc) is 3.39. The number of rotatable bonds is 7. The fourth-order valence-corrected chi connectivity index (χ4v) is 4.13. The van der Waals surface area contributed by atoms with Crippen LogP contribution < -0.4 is 10.6 Å². The number of hydrogen-bond donors (Lipinski definition) is 2. The third-order valence-corrected chi connectivity index (χ3v) is 5.87. The van der Waals surface area contributed by atoms with Crippen LogP contribution in [0.3, 0.4) is 0 Å². The highest BCUT2D eigenvalue weighted by atomic mass is 32.1. The number of aromatic nitrogens is 1. The van der Waals surface area contributed by atoms with Crippen molar-refractivity contribution in [2.45, 2.75) is 45.2 Å². The van der Waals surface area contributed by atoms with Crippen LogP contribution in [0.5, 0.6) is 0 Å². The van der Waals surface area contributed by atoms with Crippen LogP contribution in [0.4, 0.5) is 0 Å². The van der Waals surface area contributed by atoms with Gasteiger partial charge in [-0.15, -0.1) is 11.3 Å². The Bertz CT molecular complexity index is 789. The van der Waals surface area contributed by atoms with E-state index in [2.05, 4.69) is 45.3 Å². The molecule has 0 aliphatic carbocycles. The zero-order chi connectivity index (χ0) is 19.8. The smallest absolute Gasteiger partial charge is 0.222 e. The summed E-state index contributed by atoms with van der Waals surface area (Å²) in [6.45, 7) is 4.11. The first-order valence-corrected chi connectivity index (χ1v) is 10.8. The molecule has 6 nitrogen and oxygen atoms in total. The lowest BCUT2D eigenvalue weighted by molar-refractivity contribution is -0.129. The van der Waals surface area contributed by atoms with E-state index in [0.717, 1.165) is 49.0 Å². The largest absolute Gasteiger partial charge is 0.352 e. The number of hydrogen-bond acceptors (Lipinski definition) is 4. The van der Waals surface area contributed by atoms with Gasteiger partial charge in [0.05, 0.1) is 17.2 Å². The van der Waals surface area contributed by atoms with Crippen molar-refractivity contribution in [2.75, 3.05) is 20.1 Å². The summed E-state index contributed by atoms with van der Waals surface area (Å²) < 4.78 is 0. The van der Waals surface area contributed by atoms with E-state index in [9.17, 15) is 4.79 Å². The Labute approximate surface area is 171 Å². The van der Waals surface area contributed by atoms with E-state index in [1.807, 2.05) is 17.9 Å². The van der Waals surface area contributed by atoms with Gasteiger partial charge in [-0.25, -0.2) is 4.98 Å². The van der Waals surface area contributed by atoms with Gasteiger partial charge in [0.15, 0.2) is 5.96 Å². The molecule has 1 aliphatic heterocycles. The number of nitrogens with zero attached hydrogens (tertiary/aromatic N) is 3. The summed E-state index contributed by atoms with van der Waals surface area (Å²) in [5, 5.41) is 10.0. The summed E-state index contributed by atoms with van der Waals surface area (Å²) in [5.74, 6) is 0.979. The summed E-state index contributed by atoms with van der Waals surface area (Å²) in [4.78, 5) is 22.8. The molecule has 2 aromatic rings. The van der Waals surface area contributed by atoms with Gasteiger partial charge in [-0.05, 0) is 18.4 Å². The van der Waals surface area contributed by atoms with Crippen molar-refractivity contribution < 1.29 is 4.79 Å². The minimum atomic E-state index is 0.220. The quantitative estimate of drug-likeness (QED) is 0.555. The average molecular weight is 400 g/mol. The number of carbonyl (C=O) groups excluding carboxylic acids is 1. The van der Waals surface area contributed by atoms with Crippen LogP contribution in [-0.2, 0) is 24.2 Å². The molecule has 2 N–H and O–H groups in total. The van der Waals surface area contributed by atoms with E-state index in [-0.39, 0.29) is 11.9 Å². The summed E-state index contributed by atoms with van der Waals surface area (Å²) in [5.41, 5.74) is 2.37. The molecule has 1 aromatic heterocycles. The minimum absolute atomic E-state index is 0.220. The third kappa shape index (κ3) is 5.79. The Kier molecular flexibility index (Phi) is 7.42. The number of nitrogens with one attached hydrogen (secondary N) is 2. The molecule has 3 rings (SSSR count). The van der Waals surface area contributed by atoms with Gasteiger partial charge in [-0.1, -0.05) is 37.3 Å². The molecule has 1 aromatic carbocycles. The lowest BCUT2D eigenvalue weighted by Crippen LogP contribution is -2.44. The number of guanidine groups is 1. The molecule has 1 aliphatic rings. The van der Waals surface area contributed by atoms with E-state index in [1.165, 1.54) is 5.56 Å². The second-order valence-corrected chi connectivity index (χ2v) is 7.91. The van der Waals surface area contributed by atoms with Crippen LogP contribution in [0.15, 0.2) is 40.7 Å². The van der Waals surface area contributed by atoms with Gasteiger partial charge in [-0.3, -0.25) is 9.79 Å². The second kappa shape index (κ2) is 10.2. The number of likely N-dealkylation sites (tertiary alicyclic amines) is 1. The van der Waals surface area contributed by atoms with Crippen molar-refractivity contribution >= 4 is 23.2 Å². The number of aryl methyl sites for hydroxylation is 2. The van der Waals surface area contributed by atoms with Gasteiger partial charge < -0.3 is 15.5 Å². The van der Waals surface area contributed by atoms with E-state index in [0.29, 0.717) is 13.0 Å². The van der Waals surface area contributed by atoms with Crippen molar-refractivity contribution in [1.29, 1.82) is 0 Å². The van der Waals surface area contributed by atoms with Crippen molar-refractivity contribution in [3.63, 3.8) is 0 Å². The van der Waals surface area contributed by atoms with Crippen molar-refractivity contribution in [3.05, 3.63) is 52.0 Å². The van der Waals surface area contributed by atoms with Crippen LogP contribution in [0.1, 0.15) is 36.0 Å². The molecular formula is C21H29N5OS. The molecule has 1 fully saturated rings. The first-order chi connectivity index (χ1) is 13.7. The van der Waals surface area contributed by atoms with Gasteiger partial charge in [0.25, 0.3) is 0 Å². The van der Waals surface area contributed by atoms with E-state index in [4.69, 9.17) is 4.98 Å². The lowest BCUT2D eigenvalue weighted by Gasteiger charge is -2.18. The van der Waals surface area contributed by atoms with Gasteiger partial charge in [0.2, 0.25) is 5.91 Å². The number of aliphatic imine (C=N–C) groups is 1. The van der Waals surface area contributed by atoms with E-state index >= 15 is 0 Å². The molecule has 0 spiro atoms. The van der Waals surface area contributed by atoms with Crippen LogP contribution in [0.25, 0.3) is 0 Å². The number of carbonyl (C=O) groups is 1. The second-order valence-electron chi connectivity index (χ2n) is 6.97. The number of thiazole rings is 1. The molecule has 7 heteroatoms. The van der Waals surface area contributed by atoms with Crippen LogP contribution in [-0.4, -0.2) is 47.9 Å². The number of benzene rings is 1. The van der Waals surface area contributed by atoms with E-state index < -0.39 is 0 Å². The molecule has 150 valence electrons. The first-order valence-electron chi connectivity index (χ1n) is 9.90. The monoisotopic (exact) mass is 399 g/mol. The summed E-state index contributed by atoms with van der Waals surface area (Å²) in [6.07, 6.45) is 3.49. The summed E-state index contributed by atoms with van der Waals surface area (Å²) in [6, 6.07) is 10.8. The highest BCUT2D eigenvalue weighted by Crippen LogP contribution is 2.13. The molecular weight excluding hydrogens is 370 g/mol. The maximum absolute atomic E-state index is 11.8. The predicted octanol–water partition coefficient (Wildman–Crippen LogP) is 2.60. The molecule has 0 bridgehead atoms. The summed E-state index contributed by atoms with van der Waals surface area (Å²) in [7, 11) is 1.77. The van der Waals surface area contributed by atoms with Gasteiger partial charge in [-0.2, -0.15) is 0 Å². The first kappa shape index (κ1) is 20.3. The Morgan fingerprint density at radius 2 is 2.14 bits per heavy atom. The predicted molar refractivity (Wildman–Crippen MR) is 115 cm³/mol. The maximum atomic E-state index is 11.8. The fourth-order valence-electron chi connectivity index (χ4n) is 3.33.